The number of carbonyl (C=O) groups is 1. The normalized spacial score (nSPS) is 10.8. The van der Waals surface area contributed by atoms with E-state index in [-0.39, 0.29) is 6.42 Å². The molecule has 0 aliphatic carbocycles. The Morgan fingerprint density at radius 3 is 2.68 bits per heavy atom. The Bertz CT molecular complexity index is 845. The van der Waals surface area contributed by atoms with Crippen molar-refractivity contribution in [1.82, 2.24) is 4.98 Å². The number of hydrogen-bond acceptors (Lipinski definition) is 2. The zero-order valence-electron chi connectivity index (χ0n) is 11.8. The molecule has 22 heavy (non-hydrogen) atoms. The number of hydrogen-bond donors (Lipinski definition) is 1. The summed E-state index contributed by atoms with van der Waals surface area (Å²) in [6, 6.07) is 17.2. The van der Waals surface area contributed by atoms with Crippen molar-refractivity contribution in [3.63, 3.8) is 0 Å². The number of aryl methyl sites for hydroxylation is 1. The number of carboxylic acid groups (broad SMARTS) is 1. The molecule has 3 nitrogen and oxygen atoms in total. The molecule has 3 rings (SSSR count). The molecule has 0 saturated carbocycles. The maximum Gasteiger partial charge on any atom is 0.303 e. The topological polar surface area (TPSA) is 50.2 Å². The number of rotatable bonds is 4. The van der Waals surface area contributed by atoms with Gasteiger partial charge >= 0.3 is 5.97 Å². The number of benzene rings is 2. The van der Waals surface area contributed by atoms with E-state index in [0.717, 1.165) is 27.7 Å². The fourth-order valence-electron chi connectivity index (χ4n) is 2.49. The van der Waals surface area contributed by atoms with Gasteiger partial charge in [-0.15, -0.1) is 0 Å². The number of carboxylic acids is 1. The molecule has 0 atom stereocenters. The van der Waals surface area contributed by atoms with Crippen molar-refractivity contribution in [2.24, 2.45) is 0 Å². The number of aromatic nitrogens is 1. The van der Waals surface area contributed by atoms with Gasteiger partial charge in [0.1, 0.15) is 0 Å². The van der Waals surface area contributed by atoms with Gasteiger partial charge in [0.05, 0.1) is 11.2 Å². The van der Waals surface area contributed by atoms with E-state index in [1.54, 1.807) is 0 Å². The molecule has 1 aromatic heterocycles. The third-order valence-corrected chi connectivity index (χ3v) is 3.77. The van der Waals surface area contributed by atoms with E-state index in [2.05, 4.69) is 4.98 Å². The first-order valence-corrected chi connectivity index (χ1v) is 7.38. The van der Waals surface area contributed by atoms with Gasteiger partial charge in [-0.1, -0.05) is 41.9 Å². The maximum absolute atomic E-state index is 10.9. The Morgan fingerprint density at radius 2 is 1.91 bits per heavy atom. The third kappa shape index (κ3) is 3.10. The summed E-state index contributed by atoms with van der Waals surface area (Å²) in [4.78, 5) is 15.5. The molecule has 0 spiro atoms. The molecule has 4 heteroatoms. The summed E-state index contributed by atoms with van der Waals surface area (Å²) < 4.78 is 0. The van der Waals surface area contributed by atoms with Crippen LogP contribution >= 0.6 is 11.6 Å². The highest BCUT2D eigenvalue weighted by Crippen LogP contribution is 2.27. The minimum atomic E-state index is -0.801. The monoisotopic (exact) mass is 311 g/mol. The number of para-hydroxylation sites is 1. The van der Waals surface area contributed by atoms with Gasteiger partial charge < -0.3 is 5.11 Å². The molecule has 2 aromatic carbocycles. The van der Waals surface area contributed by atoms with Crippen LogP contribution in [0.1, 0.15) is 12.0 Å². The molecule has 0 aliphatic heterocycles. The molecule has 0 aliphatic rings. The minimum Gasteiger partial charge on any atom is -0.481 e. The largest absolute Gasteiger partial charge is 0.481 e. The first-order valence-electron chi connectivity index (χ1n) is 7.00. The van der Waals surface area contributed by atoms with Crippen LogP contribution in [0.5, 0.6) is 0 Å². The quantitative estimate of drug-likeness (QED) is 0.767. The molecule has 0 fully saturated rings. The van der Waals surface area contributed by atoms with Gasteiger partial charge in [0, 0.05) is 22.4 Å². The fourth-order valence-corrected chi connectivity index (χ4v) is 2.68. The molecule has 0 bridgehead atoms. The van der Waals surface area contributed by atoms with E-state index in [1.165, 1.54) is 0 Å². The van der Waals surface area contributed by atoms with Gasteiger partial charge in [-0.05, 0) is 36.2 Å². The lowest BCUT2D eigenvalue weighted by Gasteiger charge is -2.09. The van der Waals surface area contributed by atoms with Gasteiger partial charge in [-0.3, -0.25) is 4.79 Å². The number of nitrogens with zero attached hydrogens (tertiary/aromatic N) is 1. The summed E-state index contributed by atoms with van der Waals surface area (Å²) in [6.45, 7) is 0. The fraction of sp³-hybridized carbons (Fsp3) is 0.111. The predicted molar refractivity (Wildman–Crippen MR) is 88.1 cm³/mol. The van der Waals surface area contributed by atoms with Gasteiger partial charge in [-0.2, -0.15) is 0 Å². The molecule has 110 valence electrons. The van der Waals surface area contributed by atoms with Gasteiger partial charge in [-0.25, -0.2) is 4.98 Å². The van der Waals surface area contributed by atoms with E-state index in [4.69, 9.17) is 16.7 Å². The van der Waals surface area contributed by atoms with Crippen molar-refractivity contribution in [2.75, 3.05) is 0 Å². The molecule has 3 aromatic rings. The van der Waals surface area contributed by atoms with Crippen LogP contribution in [0.15, 0.2) is 54.6 Å². The molecular formula is C18H14ClNO2. The summed E-state index contributed by atoms with van der Waals surface area (Å²) in [7, 11) is 0. The van der Waals surface area contributed by atoms with Gasteiger partial charge in [0.25, 0.3) is 0 Å². The van der Waals surface area contributed by atoms with Crippen LogP contribution in [-0.2, 0) is 11.2 Å². The molecule has 1 N–H and O–H groups in total. The van der Waals surface area contributed by atoms with Crippen LogP contribution in [0.3, 0.4) is 0 Å². The highest BCUT2D eigenvalue weighted by molar-refractivity contribution is 6.30. The summed E-state index contributed by atoms with van der Waals surface area (Å²) in [6.07, 6.45) is 0.578. The lowest BCUT2D eigenvalue weighted by molar-refractivity contribution is -0.136. The maximum atomic E-state index is 10.9. The highest BCUT2D eigenvalue weighted by atomic mass is 35.5. The van der Waals surface area contributed by atoms with Crippen LogP contribution in [0.2, 0.25) is 5.02 Å². The molecule has 0 unspecified atom stereocenters. The van der Waals surface area contributed by atoms with E-state index in [1.807, 2.05) is 54.6 Å². The zero-order valence-corrected chi connectivity index (χ0v) is 12.5. The summed E-state index contributed by atoms with van der Waals surface area (Å²) in [5, 5.41) is 10.6. The third-order valence-electron chi connectivity index (χ3n) is 3.53. The molecule has 0 amide bonds. The van der Waals surface area contributed by atoms with E-state index >= 15 is 0 Å². The highest BCUT2D eigenvalue weighted by Gasteiger charge is 2.09. The predicted octanol–water partition coefficient (Wildman–Crippen LogP) is 4.57. The van der Waals surface area contributed by atoms with Gasteiger partial charge in [0.2, 0.25) is 0 Å². The lowest BCUT2D eigenvalue weighted by atomic mass is 10.0. The molecule has 0 radical (unpaired) electrons. The smallest absolute Gasteiger partial charge is 0.303 e. The van der Waals surface area contributed by atoms with Crippen LogP contribution in [-0.4, -0.2) is 16.1 Å². The molecule has 1 heterocycles. The second-order valence-electron chi connectivity index (χ2n) is 5.09. The van der Waals surface area contributed by atoms with E-state index in [9.17, 15) is 4.79 Å². The van der Waals surface area contributed by atoms with Crippen molar-refractivity contribution in [1.29, 1.82) is 0 Å². The molecular weight excluding hydrogens is 298 g/mol. The SMILES string of the molecule is O=C(O)CCc1cc(-c2cccc(Cl)c2)nc2ccccc12. The van der Waals surface area contributed by atoms with Crippen LogP contribution in [0.4, 0.5) is 0 Å². The summed E-state index contributed by atoms with van der Waals surface area (Å²) in [5.74, 6) is -0.801. The van der Waals surface area contributed by atoms with Crippen molar-refractivity contribution < 1.29 is 9.90 Å². The summed E-state index contributed by atoms with van der Waals surface area (Å²) >= 11 is 6.05. The van der Waals surface area contributed by atoms with Gasteiger partial charge in [0.15, 0.2) is 0 Å². The Balaban J connectivity index is 2.13. The first kappa shape index (κ1) is 14.5. The number of halogens is 1. The second kappa shape index (κ2) is 6.16. The standard InChI is InChI=1S/C18H14ClNO2/c19-14-5-3-4-13(10-14)17-11-12(8-9-18(21)22)15-6-1-2-7-16(15)20-17/h1-7,10-11H,8-9H2,(H,21,22). The number of fused-ring (bicyclic) bond motifs is 1. The first-order chi connectivity index (χ1) is 10.6. The Labute approximate surface area is 133 Å². The van der Waals surface area contributed by atoms with E-state index < -0.39 is 5.97 Å². The Kier molecular flexibility index (Phi) is 4.07. The van der Waals surface area contributed by atoms with Crippen molar-refractivity contribution in [3.05, 3.63) is 65.2 Å². The van der Waals surface area contributed by atoms with Crippen molar-refractivity contribution >= 4 is 28.5 Å². The van der Waals surface area contributed by atoms with Crippen LogP contribution in [0.25, 0.3) is 22.2 Å². The minimum absolute atomic E-state index is 0.100. The summed E-state index contributed by atoms with van der Waals surface area (Å²) in [5.41, 5.74) is 3.58. The lowest BCUT2D eigenvalue weighted by Crippen LogP contribution is -1.99. The Morgan fingerprint density at radius 1 is 1.09 bits per heavy atom. The number of aliphatic carboxylic acids is 1. The van der Waals surface area contributed by atoms with E-state index in [0.29, 0.717) is 11.4 Å². The Hall–Kier alpha value is -2.39. The average Bonchev–Trinajstić information content (AvgIpc) is 2.52. The molecule has 0 saturated heterocycles. The van der Waals surface area contributed by atoms with Crippen molar-refractivity contribution in [2.45, 2.75) is 12.8 Å². The number of pyridine rings is 1. The average molecular weight is 312 g/mol. The zero-order chi connectivity index (χ0) is 15.5. The second-order valence-corrected chi connectivity index (χ2v) is 5.52. The van der Waals surface area contributed by atoms with Crippen LogP contribution < -0.4 is 0 Å². The van der Waals surface area contributed by atoms with Crippen molar-refractivity contribution in [3.8, 4) is 11.3 Å². The van der Waals surface area contributed by atoms with Crippen LogP contribution in [0, 0.1) is 0 Å².